The predicted molar refractivity (Wildman–Crippen MR) is 136 cm³/mol. The molecular formula is C28H27FN6O. The second kappa shape index (κ2) is 11.0. The number of nitrogens with one attached hydrogen (secondary N) is 1. The van der Waals surface area contributed by atoms with Gasteiger partial charge in [0.2, 0.25) is 0 Å². The highest BCUT2D eigenvalue weighted by atomic mass is 19.1. The van der Waals surface area contributed by atoms with Gasteiger partial charge >= 0.3 is 0 Å². The molecular weight excluding hydrogens is 455 g/mol. The number of rotatable bonds is 7. The van der Waals surface area contributed by atoms with Crippen LogP contribution in [0.15, 0.2) is 79.1 Å². The van der Waals surface area contributed by atoms with Gasteiger partial charge < -0.3 is 10.2 Å². The van der Waals surface area contributed by atoms with Crippen molar-refractivity contribution in [3.63, 3.8) is 0 Å². The number of carbonyl (C=O) groups is 1. The van der Waals surface area contributed by atoms with E-state index in [0.717, 1.165) is 43.7 Å². The van der Waals surface area contributed by atoms with E-state index in [9.17, 15) is 9.18 Å². The molecule has 1 saturated heterocycles. The minimum Gasteiger partial charge on any atom is -0.355 e. The fraction of sp³-hybridized carbons (Fsp3) is 0.250. The van der Waals surface area contributed by atoms with Crippen molar-refractivity contribution < 1.29 is 9.18 Å². The Bertz CT molecular complexity index is 1290. The zero-order chi connectivity index (χ0) is 24.7. The minimum atomic E-state index is -0.322. The molecule has 0 unspecified atom stereocenters. The molecule has 8 heteroatoms. The lowest BCUT2D eigenvalue weighted by molar-refractivity contribution is 0.0944. The maximum Gasteiger partial charge on any atom is 0.272 e. The Morgan fingerprint density at radius 1 is 0.944 bits per heavy atom. The number of nitrogens with zero attached hydrogens (tertiary/aromatic N) is 5. The van der Waals surface area contributed by atoms with Crippen molar-refractivity contribution in [3.8, 4) is 11.3 Å². The molecule has 1 aliphatic heterocycles. The number of carbonyl (C=O) groups excluding carboxylic acids is 1. The van der Waals surface area contributed by atoms with E-state index in [1.807, 2.05) is 6.07 Å². The van der Waals surface area contributed by atoms with E-state index in [2.05, 4.69) is 60.7 Å². The van der Waals surface area contributed by atoms with E-state index >= 15 is 0 Å². The number of hydrogen-bond donors (Lipinski definition) is 1. The fourth-order valence-corrected chi connectivity index (χ4v) is 4.46. The van der Waals surface area contributed by atoms with Gasteiger partial charge in [0.25, 0.3) is 5.91 Å². The van der Waals surface area contributed by atoms with Crippen molar-refractivity contribution in [3.05, 3.63) is 102 Å². The minimum absolute atomic E-state index is 0.216. The zero-order valence-electron chi connectivity index (χ0n) is 19.8. The Hall–Kier alpha value is -4.20. The average molecular weight is 483 g/mol. The largest absolute Gasteiger partial charge is 0.355 e. The number of aromatic nitrogens is 4. The summed E-state index contributed by atoms with van der Waals surface area (Å²) < 4.78 is 13.2. The van der Waals surface area contributed by atoms with Crippen LogP contribution in [0.25, 0.3) is 11.3 Å². The molecule has 0 bridgehead atoms. The van der Waals surface area contributed by atoms with Gasteiger partial charge in [-0.15, -0.1) is 10.2 Å². The van der Waals surface area contributed by atoms with Gasteiger partial charge in [0.05, 0.1) is 17.9 Å². The first-order chi connectivity index (χ1) is 17.6. The molecule has 4 aromatic rings. The highest BCUT2D eigenvalue weighted by Gasteiger charge is 2.21. The van der Waals surface area contributed by atoms with Gasteiger partial charge in [0.15, 0.2) is 11.5 Å². The molecule has 1 fully saturated rings. The molecule has 7 nitrogen and oxygen atoms in total. The predicted octanol–water partition coefficient (Wildman–Crippen LogP) is 4.46. The van der Waals surface area contributed by atoms with E-state index in [4.69, 9.17) is 0 Å². The standard InChI is InChI=1S/C28H27FN6O/c29-23-8-6-22(7-9-23)26-17-24(31-19-32-26)18-30-28(36)25-10-11-27(34-33-25)35-14-12-21(13-15-35)16-20-4-2-1-3-5-20/h1-11,17,19,21H,12-16,18H2,(H,30,36). The Kier molecular flexibility index (Phi) is 7.21. The van der Waals surface area contributed by atoms with Gasteiger partial charge in [-0.05, 0) is 73.2 Å². The van der Waals surface area contributed by atoms with Crippen molar-refractivity contribution in [1.29, 1.82) is 0 Å². The van der Waals surface area contributed by atoms with Crippen molar-refractivity contribution in [2.24, 2.45) is 5.92 Å². The SMILES string of the molecule is O=C(NCc1cc(-c2ccc(F)cc2)ncn1)c1ccc(N2CCC(Cc3ccccc3)CC2)nn1. The summed E-state index contributed by atoms with van der Waals surface area (Å²) in [7, 11) is 0. The molecule has 3 heterocycles. The van der Waals surface area contributed by atoms with Crippen LogP contribution in [-0.2, 0) is 13.0 Å². The molecule has 0 aliphatic carbocycles. The fourth-order valence-electron chi connectivity index (χ4n) is 4.46. The molecule has 1 aliphatic rings. The third kappa shape index (κ3) is 5.89. The number of amides is 1. The summed E-state index contributed by atoms with van der Waals surface area (Å²) in [6.07, 6.45) is 4.75. The highest BCUT2D eigenvalue weighted by Crippen LogP contribution is 2.24. The maximum absolute atomic E-state index is 13.2. The summed E-state index contributed by atoms with van der Waals surface area (Å²) in [6.45, 7) is 2.08. The summed E-state index contributed by atoms with van der Waals surface area (Å²) in [5.74, 6) is 0.842. The van der Waals surface area contributed by atoms with E-state index in [1.54, 1.807) is 24.3 Å². The lowest BCUT2D eigenvalue weighted by Crippen LogP contribution is -2.35. The first-order valence-electron chi connectivity index (χ1n) is 12.1. The number of benzene rings is 2. The van der Waals surface area contributed by atoms with Gasteiger partial charge in [0, 0.05) is 18.7 Å². The van der Waals surface area contributed by atoms with E-state index in [1.165, 1.54) is 24.0 Å². The topological polar surface area (TPSA) is 83.9 Å². The van der Waals surface area contributed by atoms with Crippen LogP contribution in [0.3, 0.4) is 0 Å². The molecule has 0 radical (unpaired) electrons. The van der Waals surface area contributed by atoms with Gasteiger partial charge in [-0.1, -0.05) is 30.3 Å². The maximum atomic E-state index is 13.2. The molecule has 0 spiro atoms. The highest BCUT2D eigenvalue weighted by molar-refractivity contribution is 5.92. The Morgan fingerprint density at radius 3 is 2.44 bits per heavy atom. The number of hydrogen-bond acceptors (Lipinski definition) is 6. The summed E-state index contributed by atoms with van der Waals surface area (Å²) >= 11 is 0. The van der Waals surface area contributed by atoms with Crippen molar-refractivity contribution >= 4 is 11.7 Å². The van der Waals surface area contributed by atoms with E-state index in [0.29, 0.717) is 17.3 Å². The van der Waals surface area contributed by atoms with Crippen molar-refractivity contribution in [2.45, 2.75) is 25.8 Å². The number of piperidine rings is 1. The summed E-state index contributed by atoms with van der Waals surface area (Å²) in [6, 6.07) is 22.0. The van der Waals surface area contributed by atoms with Crippen LogP contribution in [-0.4, -0.2) is 39.2 Å². The Morgan fingerprint density at radius 2 is 1.72 bits per heavy atom. The molecule has 1 N–H and O–H groups in total. The molecule has 2 aromatic carbocycles. The lowest BCUT2D eigenvalue weighted by Gasteiger charge is -2.32. The summed E-state index contributed by atoms with van der Waals surface area (Å²) in [5.41, 5.74) is 3.72. The molecule has 5 rings (SSSR count). The van der Waals surface area contributed by atoms with Crippen LogP contribution in [0.2, 0.25) is 0 Å². The molecule has 36 heavy (non-hydrogen) atoms. The van der Waals surface area contributed by atoms with E-state index in [-0.39, 0.29) is 24.0 Å². The quantitative estimate of drug-likeness (QED) is 0.419. The smallest absolute Gasteiger partial charge is 0.272 e. The zero-order valence-corrected chi connectivity index (χ0v) is 19.8. The molecule has 182 valence electrons. The van der Waals surface area contributed by atoms with Gasteiger partial charge in [0.1, 0.15) is 12.1 Å². The van der Waals surface area contributed by atoms with Gasteiger partial charge in [-0.3, -0.25) is 4.79 Å². The van der Waals surface area contributed by atoms with Crippen LogP contribution in [0, 0.1) is 11.7 Å². The molecule has 0 atom stereocenters. The third-order valence-corrected chi connectivity index (χ3v) is 6.48. The van der Waals surface area contributed by atoms with E-state index < -0.39 is 0 Å². The first kappa shape index (κ1) is 23.5. The summed E-state index contributed by atoms with van der Waals surface area (Å²) in [4.78, 5) is 23.3. The second-order valence-electron chi connectivity index (χ2n) is 8.98. The van der Waals surface area contributed by atoms with Crippen molar-refractivity contribution in [2.75, 3.05) is 18.0 Å². The third-order valence-electron chi connectivity index (χ3n) is 6.48. The van der Waals surface area contributed by atoms with Crippen LogP contribution in [0.5, 0.6) is 0 Å². The summed E-state index contributed by atoms with van der Waals surface area (Å²) in [5, 5.41) is 11.3. The number of halogens is 1. The monoisotopic (exact) mass is 482 g/mol. The normalized spacial score (nSPS) is 14.0. The number of anilines is 1. The lowest BCUT2D eigenvalue weighted by atomic mass is 9.90. The van der Waals surface area contributed by atoms with Crippen LogP contribution < -0.4 is 10.2 Å². The molecule has 2 aromatic heterocycles. The Labute approximate surface area is 209 Å². The second-order valence-corrected chi connectivity index (χ2v) is 8.98. The van der Waals surface area contributed by atoms with Crippen LogP contribution in [0.4, 0.5) is 10.2 Å². The van der Waals surface area contributed by atoms with Gasteiger partial charge in [-0.25, -0.2) is 14.4 Å². The molecule has 1 amide bonds. The average Bonchev–Trinajstić information content (AvgIpc) is 2.93. The molecule has 0 saturated carbocycles. The Balaban J connectivity index is 1.13. The van der Waals surface area contributed by atoms with Crippen LogP contribution >= 0.6 is 0 Å². The van der Waals surface area contributed by atoms with Gasteiger partial charge in [-0.2, -0.15) is 0 Å². The van der Waals surface area contributed by atoms with Crippen molar-refractivity contribution in [1.82, 2.24) is 25.5 Å². The first-order valence-corrected chi connectivity index (χ1v) is 12.1. The van der Waals surface area contributed by atoms with Crippen LogP contribution in [0.1, 0.15) is 34.6 Å².